The van der Waals surface area contributed by atoms with Gasteiger partial charge >= 0.3 is 0 Å². The zero-order valence-corrected chi connectivity index (χ0v) is 14.4. The second-order valence-corrected chi connectivity index (χ2v) is 6.36. The molecule has 1 amide bonds. The lowest BCUT2D eigenvalue weighted by molar-refractivity contribution is 0.0941. The summed E-state index contributed by atoms with van der Waals surface area (Å²) in [5.74, 6) is -0.431. The molecule has 0 spiro atoms. The van der Waals surface area contributed by atoms with Crippen LogP contribution >= 0.6 is 11.6 Å². The fourth-order valence-corrected chi connectivity index (χ4v) is 3.05. The summed E-state index contributed by atoms with van der Waals surface area (Å²) in [6.45, 7) is 5.41. The van der Waals surface area contributed by atoms with Crippen molar-refractivity contribution in [3.8, 4) is 0 Å². The molecule has 122 valence electrons. The van der Waals surface area contributed by atoms with Crippen LogP contribution in [-0.2, 0) is 0 Å². The first-order chi connectivity index (χ1) is 11.3. The number of anilines is 1. The third-order valence-electron chi connectivity index (χ3n) is 3.83. The molecule has 0 fully saturated rings. The maximum absolute atomic E-state index is 12.7. The van der Waals surface area contributed by atoms with Crippen molar-refractivity contribution in [1.82, 2.24) is 4.57 Å². The molecule has 2 aromatic carbocycles. The number of halogens is 1. The Hall–Kier alpha value is -2.59. The summed E-state index contributed by atoms with van der Waals surface area (Å²) in [7, 11) is 0. The topological polar surface area (TPSA) is 51.1 Å². The van der Waals surface area contributed by atoms with Crippen LogP contribution in [0.4, 0.5) is 5.69 Å². The number of hydrogen-bond acceptors (Lipinski definition) is 2. The molecule has 3 aromatic rings. The van der Waals surface area contributed by atoms with E-state index in [0.717, 1.165) is 16.8 Å². The Morgan fingerprint density at radius 2 is 1.71 bits per heavy atom. The maximum atomic E-state index is 12.7. The minimum absolute atomic E-state index is 0.173. The number of nitrogens with zero attached hydrogens (tertiary/aromatic N) is 1. The number of benzene rings is 2. The van der Waals surface area contributed by atoms with E-state index in [-0.39, 0.29) is 11.8 Å². The number of aromatic nitrogens is 1. The van der Waals surface area contributed by atoms with E-state index in [1.165, 1.54) is 11.5 Å². The monoisotopic (exact) mass is 340 g/mol. The number of aryl methyl sites for hydroxylation is 2. The normalized spacial score (nSPS) is 10.8. The Bertz CT molecular complexity index is 953. The predicted molar refractivity (Wildman–Crippen MR) is 97.1 cm³/mol. The Morgan fingerprint density at radius 1 is 1.04 bits per heavy atom. The molecule has 0 aliphatic rings. The molecule has 1 N–H and O–H groups in total. The summed E-state index contributed by atoms with van der Waals surface area (Å²) in [5, 5.41) is 4.11. The van der Waals surface area contributed by atoms with E-state index in [9.17, 15) is 9.59 Å². The van der Waals surface area contributed by atoms with Crippen LogP contribution in [0.1, 0.15) is 33.2 Å². The highest BCUT2D eigenvalue weighted by Crippen LogP contribution is 2.26. The van der Waals surface area contributed by atoms with E-state index in [0.29, 0.717) is 21.5 Å². The van der Waals surface area contributed by atoms with Gasteiger partial charge in [-0.2, -0.15) is 0 Å². The zero-order valence-electron chi connectivity index (χ0n) is 13.7. The largest absolute Gasteiger partial charge is 0.322 e. The lowest BCUT2D eigenvalue weighted by atomic mass is 10.1. The quantitative estimate of drug-likeness (QED) is 0.726. The number of rotatable bonds is 2. The molecule has 1 heterocycles. The molecule has 5 heteroatoms. The van der Waals surface area contributed by atoms with Gasteiger partial charge in [-0.1, -0.05) is 23.7 Å². The first-order valence-corrected chi connectivity index (χ1v) is 7.94. The molecule has 0 aliphatic heterocycles. The molecule has 0 aliphatic carbocycles. The van der Waals surface area contributed by atoms with Gasteiger partial charge in [0.1, 0.15) is 0 Å². The van der Waals surface area contributed by atoms with Gasteiger partial charge in [0.15, 0.2) is 0 Å². The Kier molecular flexibility index (Phi) is 4.16. The van der Waals surface area contributed by atoms with Crippen molar-refractivity contribution in [3.63, 3.8) is 0 Å². The molecule has 0 unspecified atom stereocenters. The summed E-state index contributed by atoms with van der Waals surface area (Å²) in [6, 6.07) is 11.0. The maximum Gasteiger partial charge on any atom is 0.257 e. The smallest absolute Gasteiger partial charge is 0.257 e. The average Bonchev–Trinajstić information content (AvgIpc) is 2.84. The summed E-state index contributed by atoms with van der Waals surface area (Å²) < 4.78 is 1.44. The third-order valence-corrected chi connectivity index (χ3v) is 4.07. The Balaban J connectivity index is 2.05. The molecular formula is C19H17ClN2O2. The van der Waals surface area contributed by atoms with Crippen LogP contribution in [0.2, 0.25) is 5.02 Å². The predicted octanol–water partition coefficient (Wildman–Crippen LogP) is 4.82. The van der Waals surface area contributed by atoms with E-state index in [4.69, 9.17) is 11.6 Å². The first-order valence-electron chi connectivity index (χ1n) is 7.56. The molecule has 3 rings (SSSR count). The molecule has 24 heavy (non-hydrogen) atoms. The summed E-state index contributed by atoms with van der Waals surface area (Å²) in [4.78, 5) is 24.5. The molecule has 0 saturated heterocycles. The van der Waals surface area contributed by atoms with Crippen molar-refractivity contribution in [1.29, 1.82) is 0 Å². The minimum atomic E-state index is -0.257. The Morgan fingerprint density at radius 3 is 2.33 bits per heavy atom. The highest BCUT2D eigenvalue weighted by atomic mass is 35.5. The SMILES string of the molecule is CC(=O)n1cc(C(=O)Nc2cc(C)cc(C)c2)c2ccc(Cl)cc21. The van der Waals surface area contributed by atoms with E-state index < -0.39 is 0 Å². The molecule has 1 aromatic heterocycles. The number of amides is 1. The summed E-state index contributed by atoms with van der Waals surface area (Å²) in [6.07, 6.45) is 1.56. The van der Waals surface area contributed by atoms with Crippen molar-refractivity contribution in [2.24, 2.45) is 0 Å². The van der Waals surface area contributed by atoms with Crippen molar-refractivity contribution < 1.29 is 9.59 Å². The fraction of sp³-hybridized carbons (Fsp3) is 0.158. The van der Waals surface area contributed by atoms with Crippen LogP contribution in [0.5, 0.6) is 0 Å². The molecule has 4 nitrogen and oxygen atoms in total. The van der Waals surface area contributed by atoms with E-state index in [1.807, 2.05) is 32.0 Å². The highest BCUT2D eigenvalue weighted by Gasteiger charge is 2.17. The number of carbonyl (C=O) groups excluding carboxylic acids is 2. The summed E-state index contributed by atoms with van der Waals surface area (Å²) in [5.41, 5.74) is 3.94. The van der Waals surface area contributed by atoms with Crippen molar-refractivity contribution in [2.45, 2.75) is 20.8 Å². The standard InChI is InChI=1S/C19H17ClN2O2/c1-11-6-12(2)8-15(7-11)21-19(24)17-10-22(13(3)23)18-9-14(20)4-5-16(17)18/h4-10H,1-3H3,(H,21,24). The van der Waals surface area contributed by atoms with Gasteiger partial charge in [-0.3, -0.25) is 14.2 Å². The van der Waals surface area contributed by atoms with E-state index in [1.54, 1.807) is 24.4 Å². The van der Waals surface area contributed by atoms with Gasteiger partial charge in [0.25, 0.3) is 5.91 Å². The molecular weight excluding hydrogens is 324 g/mol. The zero-order chi connectivity index (χ0) is 17.4. The van der Waals surface area contributed by atoms with Crippen LogP contribution in [0.25, 0.3) is 10.9 Å². The second kappa shape index (κ2) is 6.13. The van der Waals surface area contributed by atoms with Gasteiger partial charge in [0.2, 0.25) is 5.91 Å². The molecule has 0 atom stereocenters. The lowest BCUT2D eigenvalue weighted by Crippen LogP contribution is -2.12. The van der Waals surface area contributed by atoms with Crippen LogP contribution in [0.15, 0.2) is 42.6 Å². The van der Waals surface area contributed by atoms with Crippen LogP contribution in [0, 0.1) is 13.8 Å². The van der Waals surface area contributed by atoms with Gasteiger partial charge in [0.05, 0.1) is 11.1 Å². The van der Waals surface area contributed by atoms with E-state index >= 15 is 0 Å². The molecule has 0 bridgehead atoms. The van der Waals surface area contributed by atoms with Crippen molar-refractivity contribution in [2.75, 3.05) is 5.32 Å². The summed E-state index contributed by atoms with van der Waals surface area (Å²) >= 11 is 6.02. The first kappa shape index (κ1) is 16.3. The number of nitrogens with one attached hydrogen (secondary N) is 1. The fourth-order valence-electron chi connectivity index (χ4n) is 2.89. The van der Waals surface area contributed by atoms with Gasteiger partial charge in [0, 0.05) is 29.2 Å². The second-order valence-electron chi connectivity index (χ2n) is 5.92. The minimum Gasteiger partial charge on any atom is -0.322 e. The lowest BCUT2D eigenvalue weighted by Gasteiger charge is -2.07. The molecule has 0 saturated carbocycles. The van der Waals surface area contributed by atoms with Gasteiger partial charge in [-0.15, -0.1) is 0 Å². The third kappa shape index (κ3) is 3.05. The van der Waals surface area contributed by atoms with Gasteiger partial charge in [-0.25, -0.2) is 0 Å². The van der Waals surface area contributed by atoms with Crippen molar-refractivity contribution in [3.05, 3.63) is 64.3 Å². The van der Waals surface area contributed by atoms with Crippen LogP contribution in [-0.4, -0.2) is 16.4 Å². The van der Waals surface area contributed by atoms with Crippen molar-refractivity contribution >= 4 is 40.0 Å². The van der Waals surface area contributed by atoms with E-state index in [2.05, 4.69) is 5.32 Å². The number of carbonyl (C=O) groups is 2. The number of fused-ring (bicyclic) bond motifs is 1. The number of hydrogen-bond donors (Lipinski definition) is 1. The van der Waals surface area contributed by atoms with Gasteiger partial charge in [-0.05, 0) is 49.2 Å². The molecule has 0 radical (unpaired) electrons. The Labute approximate surface area is 145 Å². The van der Waals surface area contributed by atoms with Gasteiger partial charge < -0.3 is 5.32 Å². The average molecular weight is 341 g/mol. The van der Waals surface area contributed by atoms with Crippen LogP contribution in [0.3, 0.4) is 0 Å². The van der Waals surface area contributed by atoms with Crippen LogP contribution < -0.4 is 5.32 Å². The highest BCUT2D eigenvalue weighted by molar-refractivity contribution is 6.31.